The van der Waals surface area contributed by atoms with E-state index in [1.807, 2.05) is 0 Å². The Hall–Kier alpha value is -1.28. The molecule has 0 spiro atoms. The van der Waals surface area contributed by atoms with Crippen LogP contribution < -0.4 is 5.32 Å². The third kappa shape index (κ3) is 3.34. The summed E-state index contributed by atoms with van der Waals surface area (Å²) >= 11 is 0. The topological polar surface area (TPSA) is 17.0 Å². The molecule has 0 bridgehead atoms. The number of nitrogens with zero attached hydrogens (tertiary/aromatic N) is 1. The molecule has 0 amide bonds. The van der Waals surface area contributed by atoms with Crippen molar-refractivity contribution in [3.63, 3.8) is 0 Å². The van der Waals surface area contributed by atoms with Crippen molar-refractivity contribution in [2.75, 3.05) is 13.1 Å². The van der Waals surface area contributed by atoms with Crippen molar-refractivity contribution in [3.05, 3.63) is 36.5 Å². The van der Waals surface area contributed by atoms with Crippen LogP contribution in [-0.2, 0) is 6.54 Å². The molecule has 0 fully saturated rings. The van der Waals surface area contributed by atoms with Gasteiger partial charge in [-0.05, 0) is 36.4 Å². The van der Waals surface area contributed by atoms with E-state index in [1.54, 1.807) is 0 Å². The van der Waals surface area contributed by atoms with E-state index in [4.69, 9.17) is 0 Å². The molecule has 0 radical (unpaired) electrons. The third-order valence-electron chi connectivity index (χ3n) is 3.11. The first kappa shape index (κ1) is 12.2. The predicted octanol–water partition coefficient (Wildman–Crippen LogP) is 3.28. The average Bonchev–Trinajstić information content (AvgIpc) is 2.72. The van der Waals surface area contributed by atoms with Crippen LogP contribution >= 0.6 is 0 Å². The number of nitrogens with one attached hydrogen (secondary N) is 1. The zero-order chi connectivity index (χ0) is 12.1. The standard InChI is InChI=1S/C15H22N2/c1-13(2)7-9-16-10-12-17-11-8-14-5-3-4-6-15(14)17/h3-6,8,11,13,16H,7,9-10,12H2,1-2H3. The lowest BCUT2D eigenvalue weighted by Gasteiger charge is -2.08. The summed E-state index contributed by atoms with van der Waals surface area (Å²) in [6, 6.07) is 10.7. The van der Waals surface area contributed by atoms with Crippen LogP contribution in [0.15, 0.2) is 36.5 Å². The minimum absolute atomic E-state index is 0.787. The van der Waals surface area contributed by atoms with Gasteiger partial charge in [0.1, 0.15) is 0 Å². The lowest BCUT2D eigenvalue weighted by molar-refractivity contribution is 0.522. The maximum Gasteiger partial charge on any atom is 0.0480 e. The van der Waals surface area contributed by atoms with E-state index in [-0.39, 0.29) is 0 Å². The second-order valence-corrected chi connectivity index (χ2v) is 5.00. The van der Waals surface area contributed by atoms with Gasteiger partial charge >= 0.3 is 0 Å². The molecule has 1 aromatic carbocycles. The molecular weight excluding hydrogens is 208 g/mol. The average molecular weight is 230 g/mol. The van der Waals surface area contributed by atoms with Crippen LogP contribution in [0.1, 0.15) is 20.3 Å². The summed E-state index contributed by atoms with van der Waals surface area (Å²) in [5, 5.41) is 4.83. The Morgan fingerprint density at radius 1 is 1.12 bits per heavy atom. The maximum absolute atomic E-state index is 3.50. The van der Waals surface area contributed by atoms with Gasteiger partial charge in [0.2, 0.25) is 0 Å². The van der Waals surface area contributed by atoms with Gasteiger partial charge < -0.3 is 9.88 Å². The van der Waals surface area contributed by atoms with Crippen LogP contribution in [-0.4, -0.2) is 17.7 Å². The number of benzene rings is 1. The van der Waals surface area contributed by atoms with Crippen molar-refractivity contribution in [2.24, 2.45) is 5.92 Å². The van der Waals surface area contributed by atoms with E-state index in [0.29, 0.717) is 0 Å². The van der Waals surface area contributed by atoms with E-state index in [0.717, 1.165) is 25.6 Å². The molecule has 92 valence electrons. The molecule has 0 aliphatic rings. The summed E-state index contributed by atoms with van der Waals surface area (Å²) in [5.41, 5.74) is 1.33. The maximum atomic E-state index is 3.50. The fourth-order valence-corrected chi connectivity index (χ4v) is 2.05. The van der Waals surface area contributed by atoms with Gasteiger partial charge in [0.15, 0.2) is 0 Å². The molecule has 1 N–H and O–H groups in total. The quantitative estimate of drug-likeness (QED) is 0.754. The van der Waals surface area contributed by atoms with Crippen molar-refractivity contribution in [2.45, 2.75) is 26.8 Å². The summed E-state index contributed by atoms with van der Waals surface area (Å²) in [6.07, 6.45) is 3.43. The molecule has 17 heavy (non-hydrogen) atoms. The van der Waals surface area contributed by atoms with Crippen LogP contribution in [0.3, 0.4) is 0 Å². The smallest absolute Gasteiger partial charge is 0.0480 e. The Morgan fingerprint density at radius 2 is 1.94 bits per heavy atom. The van der Waals surface area contributed by atoms with E-state index in [2.05, 4.69) is 60.3 Å². The summed E-state index contributed by atoms with van der Waals surface area (Å²) in [7, 11) is 0. The first-order chi connectivity index (χ1) is 8.27. The third-order valence-corrected chi connectivity index (χ3v) is 3.11. The van der Waals surface area contributed by atoms with Gasteiger partial charge in [-0.2, -0.15) is 0 Å². The molecule has 0 saturated carbocycles. The largest absolute Gasteiger partial charge is 0.346 e. The first-order valence-corrected chi connectivity index (χ1v) is 6.52. The molecule has 2 heteroatoms. The summed E-state index contributed by atoms with van der Waals surface area (Å²) in [6.45, 7) is 7.75. The Balaban J connectivity index is 1.83. The molecule has 1 heterocycles. The van der Waals surface area contributed by atoms with Crippen LogP contribution in [0.2, 0.25) is 0 Å². The van der Waals surface area contributed by atoms with Crippen molar-refractivity contribution in [1.82, 2.24) is 9.88 Å². The number of hydrogen-bond acceptors (Lipinski definition) is 1. The second kappa shape index (κ2) is 5.87. The molecule has 0 aliphatic carbocycles. The number of hydrogen-bond donors (Lipinski definition) is 1. The predicted molar refractivity (Wildman–Crippen MR) is 74.3 cm³/mol. The summed E-state index contributed by atoms with van der Waals surface area (Å²) in [5.74, 6) is 0.787. The Labute approximate surface area is 104 Å². The van der Waals surface area contributed by atoms with Crippen LogP contribution in [0.5, 0.6) is 0 Å². The van der Waals surface area contributed by atoms with Crippen molar-refractivity contribution in [1.29, 1.82) is 0 Å². The zero-order valence-corrected chi connectivity index (χ0v) is 10.8. The van der Waals surface area contributed by atoms with E-state index < -0.39 is 0 Å². The minimum Gasteiger partial charge on any atom is -0.346 e. The Morgan fingerprint density at radius 3 is 2.76 bits per heavy atom. The molecule has 0 saturated heterocycles. The van der Waals surface area contributed by atoms with Gasteiger partial charge in [0.05, 0.1) is 0 Å². The van der Waals surface area contributed by atoms with Crippen LogP contribution in [0.25, 0.3) is 10.9 Å². The van der Waals surface area contributed by atoms with Gasteiger partial charge in [0.25, 0.3) is 0 Å². The monoisotopic (exact) mass is 230 g/mol. The van der Waals surface area contributed by atoms with E-state index in [1.165, 1.54) is 17.3 Å². The number of rotatable bonds is 6. The highest BCUT2D eigenvalue weighted by molar-refractivity contribution is 5.79. The summed E-state index contributed by atoms with van der Waals surface area (Å²) < 4.78 is 2.32. The molecule has 2 nitrogen and oxygen atoms in total. The van der Waals surface area contributed by atoms with Gasteiger partial charge in [0, 0.05) is 24.8 Å². The molecule has 2 aromatic rings. The minimum atomic E-state index is 0.787. The van der Waals surface area contributed by atoms with E-state index >= 15 is 0 Å². The number of para-hydroxylation sites is 1. The molecule has 2 rings (SSSR count). The lowest BCUT2D eigenvalue weighted by atomic mass is 10.1. The van der Waals surface area contributed by atoms with Crippen LogP contribution in [0, 0.1) is 5.92 Å². The van der Waals surface area contributed by atoms with Gasteiger partial charge in [-0.1, -0.05) is 32.0 Å². The lowest BCUT2D eigenvalue weighted by Crippen LogP contribution is -2.21. The van der Waals surface area contributed by atoms with Gasteiger partial charge in [-0.25, -0.2) is 0 Å². The van der Waals surface area contributed by atoms with Crippen molar-refractivity contribution in [3.8, 4) is 0 Å². The Kier molecular flexibility index (Phi) is 4.21. The normalized spacial score (nSPS) is 11.5. The Bertz CT molecular complexity index is 457. The van der Waals surface area contributed by atoms with Crippen molar-refractivity contribution >= 4 is 10.9 Å². The van der Waals surface area contributed by atoms with Crippen molar-refractivity contribution < 1.29 is 0 Å². The SMILES string of the molecule is CC(C)CCNCCn1ccc2ccccc21. The van der Waals surface area contributed by atoms with E-state index in [9.17, 15) is 0 Å². The van der Waals surface area contributed by atoms with Gasteiger partial charge in [-0.15, -0.1) is 0 Å². The van der Waals surface area contributed by atoms with Gasteiger partial charge in [-0.3, -0.25) is 0 Å². The highest BCUT2D eigenvalue weighted by atomic mass is 15.0. The second-order valence-electron chi connectivity index (χ2n) is 5.00. The highest BCUT2D eigenvalue weighted by Crippen LogP contribution is 2.14. The molecule has 0 unspecified atom stereocenters. The molecule has 1 aromatic heterocycles. The van der Waals surface area contributed by atoms with Crippen LogP contribution in [0.4, 0.5) is 0 Å². The first-order valence-electron chi connectivity index (χ1n) is 6.52. The molecule has 0 aliphatic heterocycles. The fourth-order valence-electron chi connectivity index (χ4n) is 2.05. The fraction of sp³-hybridized carbons (Fsp3) is 0.467. The summed E-state index contributed by atoms with van der Waals surface area (Å²) in [4.78, 5) is 0. The molecule has 0 atom stereocenters. The number of aromatic nitrogens is 1. The molecular formula is C15H22N2. The number of fused-ring (bicyclic) bond motifs is 1. The highest BCUT2D eigenvalue weighted by Gasteiger charge is 1.99. The zero-order valence-electron chi connectivity index (χ0n) is 10.8.